The number of nitrogens with zero attached hydrogens (tertiary/aromatic N) is 2. The molecule has 3 aromatic rings. The van der Waals surface area contributed by atoms with E-state index in [1.165, 1.54) is 5.56 Å². The first-order chi connectivity index (χ1) is 10.6. The summed E-state index contributed by atoms with van der Waals surface area (Å²) in [6.07, 6.45) is 3.30. The standard InChI is InChI=1S/C17H17N3OS/c1-12-5-7-13(8-6-12)16(15-4-3-9-22-15)19-17(21)14-10-18-20(2)11-14/h3-11,16H,1-2H3,(H,19,21)/t16-/m1/s1. The summed E-state index contributed by atoms with van der Waals surface area (Å²) in [5.74, 6) is -0.118. The van der Waals surface area contributed by atoms with Gasteiger partial charge >= 0.3 is 0 Å². The first kappa shape index (κ1) is 14.5. The molecule has 5 heteroatoms. The van der Waals surface area contributed by atoms with E-state index in [4.69, 9.17) is 0 Å². The molecule has 4 nitrogen and oxygen atoms in total. The van der Waals surface area contributed by atoms with Gasteiger partial charge in [0.2, 0.25) is 0 Å². The second kappa shape index (κ2) is 6.15. The number of aryl methyl sites for hydroxylation is 2. The number of carbonyl (C=O) groups excluding carboxylic acids is 1. The Morgan fingerprint density at radius 3 is 2.64 bits per heavy atom. The Hall–Kier alpha value is -2.40. The summed E-state index contributed by atoms with van der Waals surface area (Å²) < 4.78 is 1.63. The molecule has 0 aliphatic rings. The van der Waals surface area contributed by atoms with E-state index in [9.17, 15) is 4.79 Å². The fourth-order valence-corrected chi connectivity index (χ4v) is 3.09. The lowest BCUT2D eigenvalue weighted by Crippen LogP contribution is -2.28. The Morgan fingerprint density at radius 1 is 1.27 bits per heavy atom. The third kappa shape index (κ3) is 3.09. The molecule has 0 saturated carbocycles. The van der Waals surface area contributed by atoms with Gasteiger partial charge in [-0.15, -0.1) is 11.3 Å². The van der Waals surface area contributed by atoms with Gasteiger partial charge in [-0.05, 0) is 23.9 Å². The molecule has 0 radical (unpaired) electrons. The second-order valence-electron chi connectivity index (χ2n) is 5.24. The molecule has 112 valence electrons. The van der Waals surface area contributed by atoms with Crippen LogP contribution in [0.2, 0.25) is 0 Å². The van der Waals surface area contributed by atoms with Gasteiger partial charge < -0.3 is 5.32 Å². The first-order valence-corrected chi connectivity index (χ1v) is 7.91. The molecule has 2 aromatic heterocycles. The largest absolute Gasteiger partial charge is 0.340 e. The number of hydrogen-bond donors (Lipinski definition) is 1. The van der Waals surface area contributed by atoms with Crippen molar-refractivity contribution in [2.75, 3.05) is 0 Å². The van der Waals surface area contributed by atoms with Crippen LogP contribution in [0.5, 0.6) is 0 Å². The summed E-state index contributed by atoms with van der Waals surface area (Å²) in [6, 6.07) is 12.1. The highest BCUT2D eigenvalue weighted by molar-refractivity contribution is 7.10. The van der Waals surface area contributed by atoms with Gasteiger partial charge in [0, 0.05) is 18.1 Å². The summed E-state index contributed by atoms with van der Waals surface area (Å²) in [4.78, 5) is 13.6. The van der Waals surface area contributed by atoms with E-state index >= 15 is 0 Å². The number of thiophene rings is 1. The fourth-order valence-electron chi connectivity index (χ4n) is 2.29. The third-order valence-corrected chi connectivity index (χ3v) is 4.42. The van der Waals surface area contributed by atoms with Crippen molar-refractivity contribution in [2.24, 2.45) is 7.05 Å². The van der Waals surface area contributed by atoms with Crippen molar-refractivity contribution in [3.05, 3.63) is 75.7 Å². The number of benzene rings is 1. The monoisotopic (exact) mass is 311 g/mol. The van der Waals surface area contributed by atoms with Crippen LogP contribution in [0.1, 0.15) is 32.4 Å². The van der Waals surface area contributed by atoms with E-state index in [-0.39, 0.29) is 11.9 Å². The molecule has 1 aromatic carbocycles. The summed E-state index contributed by atoms with van der Waals surface area (Å²) in [7, 11) is 1.80. The van der Waals surface area contributed by atoms with Crippen LogP contribution in [-0.4, -0.2) is 15.7 Å². The Labute approximate surface area is 133 Å². The van der Waals surface area contributed by atoms with Gasteiger partial charge in [-0.3, -0.25) is 9.48 Å². The number of hydrogen-bond acceptors (Lipinski definition) is 3. The number of carbonyl (C=O) groups is 1. The molecule has 1 amide bonds. The average Bonchev–Trinajstić information content (AvgIpc) is 3.17. The van der Waals surface area contributed by atoms with E-state index in [2.05, 4.69) is 41.6 Å². The number of rotatable bonds is 4. The van der Waals surface area contributed by atoms with Crippen molar-refractivity contribution in [3.63, 3.8) is 0 Å². The Morgan fingerprint density at radius 2 is 2.05 bits per heavy atom. The molecule has 0 bridgehead atoms. The van der Waals surface area contributed by atoms with Crippen LogP contribution in [-0.2, 0) is 7.05 Å². The maximum absolute atomic E-state index is 12.4. The minimum absolute atomic E-state index is 0.118. The predicted molar refractivity (Wildman–Crippen MR) is 88.0 cm³/mol. The topological polar surface area (TPSA) is 46.9 Å². The molecule has 0 unspecified atom stereocenters. The van der Waals surface area contributed by atoms with E-state index in [0.717, 1.165) is 10.4 Å². The molecule has 0 saturated heterocycles. The molecule has 1 atom stereocenters. The highest BCUT2D eigenvalue weighted by Gasteiger charge is 2.19. The second-order valence-corrected chi connectivity index (χ2v) is 6.21. The van der Waals surface area contributed by atoms with Gasteiger partial charge in [0.1, 0.15) is 0 Å². The summed E-state index contributed by atoms with van der Waals surface area (Å²) in [5, 5.41) is 9.17. The van der Waals surface area contributed by atoms with Crippen LogP contribution in [0.25, 0.3) is 0 Å². The quantitative estimate of drug-likeness (QED) is 0.803. The lowest BCUT2D eigenvalue weighted by atomic mass is 10.0. The smallest absolute Gasteiger partial charge is 0.255 e. The van der Waals surface area contributed by atoms with E-state index < -0.39 is 0 Å². The molecular formula is C17H17N3OS. The van der Waals surface area contributed by atoms with Crippen molar-refractivity contribution < 1.29 is 4.79 Å². The van der Waals surface area contributed by atoms with Crippen molar-refractivity contribution in [1.82, 2.24) is 15.1 Å². The van der Waals surface area contributed by atoms with Gasteiger partial charge in [0.25, 0.3) is 5.91 Å². The van der Waals surface area contributed by atoms with Crippen LogP contribution in [0.15, 0.2) is 54.2 Å². The third-order valence-electron chi connectivity index (χ3n) is 3.48. The lowest BCUT2D eigenvalue weighted by molar-refractivity contribution is 0.0943. The average molecular weight is 311 g/mol. The van der Waals surface area contributed by atoms with Crippen molar-refractivity contribution >= 4 is 17.2 Å². The number of aromatic nitrogens is 2. The highest BCUT2D eigenvalue weighted by atomic mass is 32.1. The van der Waals surface area contributed by atoms with Gasteiger partial charge in [0.15, 0.2) is 0 Å². The van der Waals surface area contributed by atoms with Gasteiger partial charge in [-0.25, -0.2) is 0 Å². The summed E-state index contributed by atoms with van der Waals surface area (Å²) in [5.41, 5.74) is 2.84. The molecule has 0 spiro atoms. The van der Waals surface area contributed by atoms with Gasteiger partial charge in [0.05, 0.1) is 17.8 Å². The van der Waals surface area contributed by atoms with Crippen molar-refractivity contribution in [3.8, 4) is 0 Å². The highest BCUT2D eigenvalue weighted by Crippen LogP contribution is 2.26. The van der Waals surface area contributed by atoms with Gasteiger partial charge in [-0.2, -0.15) is 5.10 Å². The lowest BCUT2D eigenvalue weighted by Gasteiger charge is -2.18. The van der Waals surface area contributed by atoms with Crippen molar-refractivity contribution in [2.45, 2.75) is 13.0 Å². The molecule has 0 fully saturated rings. The van der Waals surface area contributed by atoms with Gasteiger partial charge in [-0.1, -0.05) is 35.9 Å². The maximum Gasteiger partial charge on any atom is 0.255 e. The Balaban J connectivity index is 1.89. The minimum atomic E-state index is -0.145. The fraction of sp³-hybridized carbons (Fsp3) is 0.176. The van der Waals surface area contributed by atoms with E-state index in [1.807, 2.05) is 17.5 Å². The SMILES string of the molecule is Cc1ccc([C@@H](NC(=O)c2cnn(C)c2)c2cccs2)cc1. The molecule has 3 rings (SSSR count). The van der Waals surface area contributed by atoms with E-state index in [0.29, 0.717) is 5.56 Å². The molecular weight excluding hydrogens is 294 g/mol. The maximum atomic E-state index is 12.4. The first-order valence-electron chi connectivity index (χ1n) is 7.03. The van der Waals surface area contributed by atoms with Crippen LogP contribution < -0.4 is 5.32 Å². The number of amides is 1. The normalized spacial score (nSPS) is 12.1. The summed E-state index contributed by atoms with van der Waals surface area (Å²) >= 11 is 1.64. The molecule has 22 heavy (non-hydrogen) atoms. The Kier molecular flexibility index (Phi) is 4.06. The molecule has 0 aliphatic carbocycles. The van der Waals surface area contributed by atoms with Crippen LogP contribution >= 0.6 is 11.3 Å². The van der Waals surface area contributed by atoms with Crippen LogP contribution in [0.4, 0.5) is 0 Å². The van der Waals surface area contributed by atoms with Crippen LogP contribution in [0, 0.1) is 6.92 Å². The van der Waals surface area contributed by atoms with Crippen molar-refractivity contribution in [1.29, 1.82) is 0 Å². The minimum Gasteiger partial charge on any atom is -0.340 e. The van der Waals surface area contributed by atoms with E-state index in [1.54, 1.807) is 35.5 Å². The summed E-state index contributed by atoms with van der Waals surface area (Å²) in [6.45, 7) is 2.05. The zero-order valence-electron chi connectivity index (χ0n) is 12.5. The zero-order chi connectivity index (χ0) is 15.5. The molecule has 0 aliphatic heterocycles. The molecule has 2 heterocycles. The molecule has 1 N–H and O–H groups in total. The number of nitrogens with one attached hydrogen (secondary N) is 1. The zero-order valence-corrected chi connectivity index (χ0v) is 13.3. The predicted octanol–water partition coefficient (Wildman–Crippen LogP) is 3.31. The van der Waals surface area contributed by atoms with Crippen LogP contribution in [0.3, 0.4) is 0 Å². The Bertz CT molecular complexity index is 760.